The number of carbonyl (C=O) groups is 1. The highest BCUT2D eigenvalue weighted by atomic mass is 28.3. The smallest absolute Gasteiger partial charge is 0.269 e. The molecule has 1 aromatic rings. The molecule has 1 aromatic carbocycles. The molecule has 1 rings (SSSR count). The summed E-state index contributed by atoms with van der Waals surface area (Å²) in [6, 6.07) is 5.79. The number of carbonyl (C=O) groups excluding carboxylic acids is 1. The molecule has 0 spiro atoms. The topological polar surface area (TPSA) is 60.2 Å². The average molecular weight is 223 g/mol. The van der Waals surface area contributed by atoms with Crippen LogP contribution in [0, 0.1) is 10.1 Å². The SMILES string of the molecule is C[Si](C)(C)C(=O)c1ccc([N+](=O)[O-])cc1. The highest BCUT2D eigenvalue weighted by molar-refractivity contribution is 7.05. The van der Waals surface area contributed by atoms with Crippen LogP contribution in [0.25, 0.3) is 0 Å². The largest absolute Gasteiger partial charge is 0.300 e. The minimum absolute atomic E-state index is 0.0159. The summed E-state index contributed by atoms with van der Waals surface area (Å²) in [5.41, 5.74) is 0.585. The van der Waals surface area contributed by atoms with Crippen LogP contribution in [0.2, 0.25) is 19.6 Å². The van der Waals surface area contributed by atoms with Gasteiger partial charge in [-0.3, -0.25) is 10.1 Å². The van der Waals surface area contributed by atoms with Crippen LogP contribution in [0.3, 0.4) is 0 Å². The molecule has 0 fully saturated rings. The fraction of sp³-hybridized carbons (Fsp3) is 0.300. The summed E-state index contributed by atoms with van der Waals surface area (Å²) in [6.45, 7) is 5.87. The molecule has 0 saturated carbocycles. The van der Waals surface area contributed by atoms with Gasteiger partial charge in [-0.25, -0.2) is 0 Å². The molecular weight excluding hydrogens is 210 g/mol. The molecule has 4 nitrogen and oxygen atoms in total. The Labute approximate surface area is 89.1 Å². The predicted octanol–water partition coefficient (Wildman–Crippen LogP) is 2.65. The molecule has 0 aromatic heterocycles. The van der Waals surface area contributed by atoms with Crippen LogP contribution in [0.4, 0.5) is 5.69 Å². The molecule has 0 aliphatic heterocycles. The van der Waals surface area contributed by atoms with Gasteiger partial charge in [-0.2, -0.15) is 0 Å². The van der Waals surface area contributed by atoms with Crippen molar-refractivity contribution >= 4 is 19.2 Å². The van der Waals surface area contributed by atoms with Crippen LogP contribution in [0.1, 0.15) is 10.4 Å². The molecular formula is C10H13NO3Si. The molecule has 0 heterocycles. The third kappa shape index (κ3) is 2.73. The van der Waals surface area contributed by atoms with Gasteiger partial charge in [0.2, 0.25) is 0 Å². The summed E-state index contributed by atoms with van der Waals surface area (Å²) in [4.78, 5) is 21.8. The summed E-state index contributed by atoms with van der Waals surface area (Å²) in [6.07, 6.45) is 0. The van der Waals surface area contributed by atoms with Gasteiger partial charge >= 0.3 is 0 Å². The maximum Gasteiger partial charge on any atom is 0.269 e. The van der Waals surface area contributed by atoms with E-state index in [2.05, 4.69) is 0 Å². The van der Waals surface area contributed by atoms with Gasteiger partial charge in [0.05, 0.1) is 4.92 Å². The third-order valence-corrected chi connectivity index (χ3v) is 3.67. The second-order valence-electron chi connectivity index (χ2n) is 4.38. The van der Waals surface area contributed by atoms with Crippen molar-refractivity contribution in [3.8, 4) is 0 Å². The van der Waals surface area contributed by atoms with E-state index in [1.165, 1.54) is 24.3 Å². The molecule has 5 heteroatoms. The van der Waals surface area contributed by atoms with Crippen molar-refractivity contribution in [1.82, 2.24) is 0 Å². The van der Waals surface area contributed by atoms with Gasteiger partial charge in [0.15, 0.2) is 0 Å². The molecule has 80 valence electrons. The monoisotopic (exact) mass is 223 g/mol. The second-order valence-corrected chi connectivity index (χ2v) is 9.34. The van der Waals surface area contributed by atoms with Gasteiger partial charge in [0, 0.05) is 17.7 Å². The highest BCUT2D eigenvalue weighted by Gasteiger charge is 2.25. The van der Waals surface area contributed by atoms with E-state index in [0.717, 1.165) is 0 Å². The lowest BCUT2D eigenvalue weighted by molar-refractivity contribution is -0.384. The zero-order valence-electron chi connectivity index (χ0n) is 8.98. The Bertz CT molecular complexity index is 392. The average Bonchev–Trinajstić information content (AvgIpc) is 2.15. The fourth-order valence-corrected chi connectivity index (χ4v) is 2.20. The van der Waals surface area contributed by atoms with Gasteiger partial charge in [0.25, 0.3) is 5.69 Å². The highest BCUT2D eigenvalue weighted by Crippen LogP contribution is 2.16. The molecule has 0 bridgehead atoms. The van der Waals surface area contributed by atoms with Crippen molar-refractivity contribution in [2.24, 2.45) is 0 Å². The molecule has 0 radical (unpaired) electrons. The number of non-ortho nitro benzene ring substituents is 1. The van der Waals surface area contributed by atoms with Crippen LogP contribution in [0.5, 0.6) is 0 Å². The minimum atomic E-state index is -1.85. The van der Waals surface area contributed by atoms with E-state index in [1.807, 2.05) is 19.6 Å². The van der Waals surface area contributed by atoms with Gasteiger partial charge in [-0.05, 0) is 12.1 Å². The fourth-order valence-electron chi connectivity index (χ4n) is 1.17. The summed E-state index contributed by atoms with van der Waals surface area (Å²) in [5.74, 6) is 0. The van der Waals surface area contributed by atoms with E-state index in [1.54, 1.807) is 0 Å². The maximum atomic E-state index is 11.8. The third-order valence-electron chi connectivity index (χ3n) is 2.02. The molecule has 0 amide bonds. The Morgan fingerprint density at radius 3 is 2.00 bits per heavy atom. The van der Waals surface area contributed by atoms with Crippen molar-refractivity contribution in [2.75, 3.05) is 0 Å². The first kappa shape index (κ1) is 11.6. The van der Waals surface area contributed by atoms with Crippen LogP contribution >= 0.6 is 0 Å². The lowest BCUT2D eigenvalue weighted by Gasteiger charge is -2.13. The molecule has 0 saturated heterocycles. The van der Waals surface area contributed by atoms with E-state index in [9.17, 15) is 14.9 Å². The van der Waals surface area contributed by atoms with Gasteiger partial charge in [-0.15, -0.1) is 0 Å². The second kappa shape index (κ2) is 3.94. The van der Waals surface area contributed by atoms with Crippen molar-refractivity contribution in [3.05, 3.63) is 39.9 Å². The number of hydrogen-bond donors (Lipinski definition) is 0. The molecule has 0 unspecified atom stereocenters. The van der Waals surface area contributed by atoms with E-state index < -0.39 is 13.0 Å². The van der Waals surface area contributed by atoms with Gasteiger partial charge in [0.1, 0.15) is 13.5 Å². The maximum absolute atomic E-state index is 11.8. The lowest BCUT2D eigenvalue weighted by atomic mass is 10.2. The van der Waals surface area contributed by atoms with Crippen LogP contribution < -0.4 is 0 Å². The Kier molecular flexibility index (Phi) is 3.04. The zero-order chi connectivity index (χ0) is 11.6. The molecule has 0 N–H and O–H groups in total. The normalized spacial score (nSPS) is 11.1. The van der Waals surface area contributed by atoms with E-state index in [-0.39, 0.29) is 11.1 Å². The van der Waals surface area contributed by atoms with Crippen LogP contribution in [-0.2, 0) is 0 Å². The van der Waals surface area contributed by atoms with Crippen molar-refractivity contribution in [3.63, 3.8) is 0 Å². The Morgan fingerprint density at radius 2 is 1.67 bits per heavy atom. The zero-order valence-corrected chi connectivity index (χ0v) is 9.98. The van der Waals surface area contributed by atoms with Gasteiger partial charge in [-0.1, -0.05) is 19.6 Å². The number of hydrogen-bond acceptors (Lipinski definition) is 3. The molecule has 0 atom stereocenters. The number of nitro groups is 1. The number of benzene rings is 1. The number of rotatable bonds is 3. The number of nitrogens with zero attached hydrogens (tertiary/aromatic N) is 1. The lowest BCUT2D eigenvalue weighted by Crippen LogP contribution is -2.33. The Morgan fingerprint density at radius 1 is 1.20 bits per heavy atom. The summed E-state index contributed by atoms with van der Waals surface area (Å²) < 4.78 is 0. The predicted molar refractivity (Wildman–Crippen MR) is 60.8 cm³/mol. The van der Waals surface area contributed by atoms with Crippen molar-refractivity contribution in [1.29, 1.82) is 0 Å². The summed E-state index contributed by atoms with van der Waals surface area (Å²) in [5, 5.41) is 10.5. The standard InChI is InChI=1S/C10H13NO3Si/c1-15(2,3)10(12)8-4-6-9(7-5-8)11(13)14/h4-7H,1-3H3. The van der Waals surface area contributed by atoms with Crippen molar-refractivity contribution < 1.29 is 9.72 Å². The Hall–Kier alpha value is -1.49. The van der Waals surface area contributed by atoms with E-state index >= 15 is 0 Å². The first-order chi connectivity index (χ1) is 6.82. The molecule has 15 heavy (non-hydrogen) atoms. The molecule has 0 aliphatic rings. The van der Waals surface area contributed by atoms with Crippen LogP contribution in [0.15, 0.2) is 24.3 Å². The van der Waals surface area contributed by atoms with Crippen molar-refractivity contribution in [2.45, 2.75) is 19.6 Å². The van der Waals surface area contributed by atoms with Gasteiger partial charge < -0.3 is 4.79 Å². The summed E-state index contributed by atoms with van der Waals surface area (Å²) >= 11 is 0. The molecule has 0 aliphatic carbocycles. The first-order valence-corrected chi connectivity index (χ1v) is 8.11. The van der Waals surface area contributed by atoms with E-state index in [4.69, 9.17) is 0 Å². The quantitative estimate of drug-likeness (QED) is 0.449. The Balaban J connectivity index is 3.00. The first-order valence-electron chi connectivity index (χ1n) is 4.61. The number of nitro benzene ring substituents is 1. The summed E-state index contributed by atoms with van der Waals surface area (Å²) in [7, 11) is -1.85. The minimum Gasteiger partial charge on any atom is -0.300 e. The van der Waals surface area contributed by atoms with Crippen LogP contribution in [-0.4, -0.2) is 18.4 Å². The van der Waals surface area contributed by atoms with E-state index in [0.29, 0.717) is 5.56 Å².